The molecule has 0 atom stereocenters. The molecule has 0 unspecified atom stereocenters. The van der Waals surface area contributed by atoms with Gasteiger partial charge in [0.15, 0.2) is 5.58 Å². The Labute approximate surface area is 144 Å². The van der Waals surface area contributed by atoms with Crippen LogP contribution < -0.4 is 11.2 Å². The zero-order valence-corrected chi connectivity index (χ0v) is 13.8. The summed E-state index contributed by atoms with van der Waals surface area (Å²) < 4.78 is 10.5. The number of aromatic nitrogens is 2. The van der Waals surface area contributed by atoms with Gasteiger partial charge in [0.05, 0.1) is 18.4 Å². The third kappa shape index (κ3) is 2.66. The van der Waals surface area contributed by atoms with Gasteiger partial charge in [0.2, 0.25) is 5.69 Å². The number of hydrogen-bond acceptors (Lipinski definition) is 7. The number of aromatic hydroxyl groups is 1. The van der Waals surface area contributed by atoms with Crippen molar-refractivity contribution in [1.29, 1.82) is 0 Å². The number of ether oxygens (including phenoxy) is 1. The van der Waals surface area contributed by atoms with Gasteiger partial charge in [0.25, 0.3) is 5.56 Å². The molecule has 9 heteroatoms. The zero-order chi connectivity index (χ0) is 18.3. The molecule has 25 heavy (non-hydrogen) atoms. The summed E-state index contributed by atoms with van der Waals surface area (Å²) >= 11 is 5.83. The van der Waals surface area contributed by atoms with E-state index in [1.54, 1.807) is 0 Å². The summed E-state index contributed by atoms with van der Waals surface area (Å²) in [6.07, 6.45) is 0. The van der Waals surface area contributed by atoms with Gasteiger partial charge in [-0.3, -0.25) is 4.79 Å². The highest BCUT2D eigenvalue weighted by molar-refractivity contribution is 6.30. The van der Waals surface area contributed by atoms with Crippen molar-refractivity contribution in [2.24, 2.45) is 0 Å². The number of methoxy groups -OCH3 is 1. The summed E-state index contributed by atoms with van der Waals surface area (Å²) in [7, 11) is 1.11. The standard InChI is InChI=1S/C16H11ClN2O6/c1-7-12(20)10-13(25-15(7)22)11(16(23)24-2)18-19(14(10)21)9-5-3-8(17)4-6-9/h3-6,20H,1-2H3. The predicted octanol–water partition coefficient (Wildman–Crippen LogP) is 1.79. The van der Waals surface area contributed by atoms with Crippen molar-refractivity contribution < 1.29 is 19.1 Å². The number of nitrogens with zero attached hydrogens (tertiary/aromatic N) is 2. The summed E-state index contributed by atoms with van der Waals surface area (Å²) in [6.45, 7) is 1.30. The minimum absolute atomic E-state index is 0.158. The van der Waals surface area contributed by atoms with Crippen molar-refractivity contribution in [2.45, 2.75) is 6.92 Å². The fraction of sp³-hybridized carbons (Fsp3) is 0.125. The second-order valence-electron chi connectivity index (χ2n) is 5.10. The Kier molecular flexibility index (Phi) is 4.05. The highest BCUT2D eigenvalue weighted by Crippen LogP contribution is 2.25. The lowest BCUT2D eigenvalue weighted by Gasteiger charge is -2.10. The van der Waals surface area contributed by atoms with Crippen LogP contribution in [-0.4, -0.2) is 28.0 Å². The van der Waals surface area contributed by atoms with Crippen LogP contribution in [0.1, 0.15) is 16.1 Å². The van der Waals surface area contributed by atoms with Gasteiger partial charge < -0.3 is 14.3 Å². The van der Waals surface area contributed by atoms with Crippen molar-refractivity contribution in [2.75, 3.05) is 7.11 Å². The number of esters is 1. The molecule has 8 nitrogen and oxygen atoms in total. The topological polar surface area (TPSA) is 112 Å². The van der Waals surface area contributed by atoms with Crippen molar-refractivity contribution in [3.63, 3.8) is 0 Å². The smallest absolute Gasteiger partial charge is 0.362 e. The highest BCUT2D eigenvalue weighted by atomic mass is 35.5. The number of benzene rings is 1. The quantitative estimate of drug-likeness (QED) is 0.691. The number of carbonyl (C=O) groups is 1. The molecule has 0 bridgehead atoms. The average Bonchev–Trinajstić information content (AvgIpc) is 2.60. The molecule has 3 aromatic rings. The number of halogens is 1. The van der Waals surface area contributed by atoms with Crippen molar-refractivity contribution in [3.8, 4) is 11.4 Å². The lowest BCUT2D eigenvalue weighted by molar-refractivity contribution is 0.0592. The maximum absolute atomic E-state index is 12.8. The monoisotopic (exact) mass is 362 g/mol. The molecule has 0 spiro atoms. The minimum Gasteiger partial charge on any atom is -0.506 e. The largest absolute Gasteiger partial charge is 0.506 e. The van der Waals surface area contributed by atoms with Crippen LogP contribution in [-0.2, 0) is 4.74 Å². The summed E-state index contributed by atoms with van der Waals surface area (Å²) in [5.41, 5.74) is -2.37. The van der Waals surface area contributed by atoms with Gasteiger partial charge in [-0.05, 0) is 31.2 Å². The lowest BCUT2D eigenvalue weighted by atomic mass is 10.2. The average molecular weight is 363 g/mol. The normalized spacial score (nSPS) is 10.8. The first-order valence-electron chi connectivity index (χ1n) is 6.99. The number of rotatable bonds is 2. The van der Waals surface area contributed by atoms with E-state index in [-0.39, 0.29) is 10.9 Å². The third-order valence-electron chi connectivity index (χ3n) is 3.59. The molecular formula is C16H11ClN2O6. The van der Waals surface area contributed by atoms with E-state index in [0.717, 1.165) is 11.8 Å². The molecule has 2 aromatic heterocycles. The maximum Gasteiger partial charge on any atom is 0.362 e. The van der Waals surface area contributed by atoms with E-state index in [9.17, 15) is 19.5 Å². The lowest BCUT2D eigenvalue weighted by Crippen LogP contribution is -2.26. The van der Waals surface area contributed by atoms with E-state index in [1.807, 2.05) is 0 Å². The first-order valence-corrected chi connectivity index (χ1v) is 7.37. The van der Waals surface area contributed by atoms with Crippen molar-refractivity contribution in [3.05, 3.63) is 61.3 Å². The predicted molar refractivity (Wildman–Crippen MR) is 88.6 cm³/mol. The molecule has 1 aromatic carbocycles. The van der Waals surface area contributed by atoms with Gasteiger partial charge in [-0.2, -0.15) is 9.78 Å². The molecule has 0 saturated heterocycles. The van der Waals surface area contributed by atoms with Crippen LogP contribution in [0.2, 0.25) is 5.02 Å². The molecule has 2 heterocycles. The van der Waals surface area contributed by atoms with Crippen LogP contribution in [0.3, 0.4) is 0 Å². The molecule has 1 N–H and O–H groups in total. The third-order valence-corrected chi connectivity index (χ3v) is 3.84. The first-order chi connectivity index (χ1) is 11.8. The van der Waals surface area contributed by atoms with E-state index in [4.69, 9.17) is 16.0 Å². The first kappa shape index (κ1) is 16.7. The zero-order valence-electron chi connectivity index (χ0n) is 13.1. The molecule has 0 amide bonds. The van der Waals surface area contributed by atoms with Crippen LogP contribution in [0.25, 0.3) is 16.7 Å². The van der Waals surface area contributed by atoms with Gasteiger partial charge in [-0.25, -0.2) is 9.59 Å². The summed E-state index contributed by atoms with van der Waals surface area (Å²) in [5, 5.41) is 14.3. The van der Waals surface area contributed by atoms with Crippen LogP contribution >= 0.6 is 11.6 Å². The van der Waals surface area contributed by atoms with Crippen LogP contribution in [0.5, 0.6) is 5.75 Å². The Morgan fingerprint density at radius 3 is 2.52 bits per heavy atom. The molecule has 3 rings (SSSR count). The van der Waals surface area contributed by atoms with Gasteiger partial charge in [0.1, 0.15) is 11.1 Å². The molecule has 0 saturated carbocycles. The molecule has 0 aliphatic rings. The Bertz CT molecular complexity index is 1110. The van der Waals surface area contributed by atoms with Gasteiger partial charge in [0, 0.05) is 5.02 Å². The maximum atomic E-state index is 12.8. The highest BCUT2D eigenvalue weighted by Gasteiger charge is 2.25. The molecular weight excluding hydrogens is 352 g/mol. The van der Waals surface area contributed by atoms with E-state index >= 15 is 0 Å². The molecule has 128 valence electrons. The van der Waals surface area contributed by atoms with E-state index in [1.165, 1.54) is 31.2 Å². The summed E-state index contributed by atoms with van der Waals surface area (Å²) in [5.74, 6) is -1.51. The van der Waals surface area contributed by atoms with Gasteiger partial charge in [-0.15, -0.1) is 0 Å². The second-order valence-corrected chi connectivity index (χ2v) is 5.54. The van der Waals surface area contributed by atoms with Gasteiger partial charge >= 0.3 is 11.6 Å². The Hall–Kier alpha value is -3.13. The van der Waals surface area contributed by atoms with Crippen molar-refractivity contribution in [1.82, 2.24) is 9.78 Å². The minimum atomic E-state index is -0.931. The molecule has 0 aliphatic heterocycles. The Balaban J connectivity index is 2.50. The molecule has 0 radical (unpaired) electrons. The molecule has 0 fully saturated rings. The fourth-order valence-corrected chi connectivity index (χ4v) is 2.39. The van der Waals surface area contributed by atoms with Crippen LogP contribution in [0, 0.1) is 6.92 Å². The summed E-state index contributed by atoms with van der Waals surface area (Å²) in [4.78, 5) is 36.6. The molecule has 0 aliphatic carbocycles. The fourth-order valence-electron chi connectivity index (χ4n) is 2.26. The number of carbonyl (C=O) groups excluding carboxylic acids is 1. The number of hydrogen-bond donors (Lipinski definition) is 1. The van der Waals surface area contributed by atoms with Crippen molar-refractivity contribution >= 4 is 28.5 Å². The second kappa shape index (κ2) is 6.06. The SMILES string of the molecule is COC(=O)c1nn(-c2ccc(Cl)cc2)c(=O)c2c(O)c(C)c(=O)oc12. The number of fused-ring (bicyclic) bond motifs is 1. The summed E-state index contributed by atoms with van der Waals surface area (Å²) in [6, 6.07) is 6.08. The Morgan fingerprint density at radius 1 is 1.28 bits per heavy atom. The van der Waals surface area contributed by atoms with Gasteiger partial charge in [-0.1, -0.05) is 11.6 Å². The van der Waals surface area contributed by atoms with Crippen LogP contribution in [0.15, 0.2) is 38.3 Å². The van der Waals surface area contributed by atoms with E-state index in [0.29, 0.717) is 10.7 Å². The van der Waals surface area contributed by atoms with E-state index in [2.05, 4.69) is 9.84 Å². The Morgan fingerprint density at radius 2 is 1.92 bits per heavy atom. The van der Waals surface area contributed by atoms with E-state index < -0.39 is 34.2 Å². The van der Waals surface area contributed by atoms with Crippen LogP contribution in [0.4, 0.5) is 0 Å².